The molecule has 1 aromatic carbocycles. The minimum Gasteiger partial charge on any atom is -0.381 e. The molecule has 0 radical (unpaired) electrons. The third-order valence-electron chi connectivity index (χ3n) is 4.12. The van der Waals surface area contributed by atoms with E-state index in [1.165, 1.54) is 0 Å². The van der Waals surface area contributed by atoms with Crippen LogP contribution < -0.4 is 5.73 Å². The van der Waals surface area contributed by atoms with Gasteiger partial charge in [0.15, 0.2) is 5.82 Å². The van der Waals surface area contributed by atoms with E-state index in [4.69, 9.17) is 17.3 Å². The SMILES string of the molecule is Cc1ccnc2c(Cl)cc(-c3nc(Br)c(N)nc3-c3ccn(C)n3)cc12. The van der Waals surface area contributed by atoms with Gasteiger partial charge in [-0.2, -0.15) is 5.10 Å². The zero-order chi connectivity index (χ0) is 18.4. The third kappa shape index (κ3) is 2.83. The summed E-state index contributed by atoms with van der Waals surface area (Å²) in [5.74, 6) is 0.305. The van der Waals surface area contributed by atoms with Crippen molar-refractivity contribution in [2.24, 2.45) is 7.05 Å². The van der Waals surface area contributed by atoms with Crippen molar-refractivity contribution in [2.75, 3.05) is 5.73 Å². The van der Waals surface area contributed by atoms with Gasteiger partial charge in [0.05, 0.1) is 16.2 Å². The molecule has 0 saturated heterocycles. The second-order valence-electron chi connectivity index (χ2n) is 5.95. The van der Waals surface area contributed by atoms with Crippen LogP contribution in [0.4, 0.5) is 5.82 Å². The molecule has 0 bridgehead atoms. The predicted molar refractivity (Wildman–Crippen MR) is 107 cm³/mol. The van der Waals surface area contributed by atoms with Gasteiger partial charge < -0.3 is 5.73 Å². The first-order valence-corrected chi connectivity index (χ1v) is 8.99. The summed E-state index contributed by atoms with van der Waals surface area (Å²) in [7, 11) is 1.85. The van der Waals surface area contributed by atoms with E-state index >= 15 is 0 Å². The number of pyridine rings is 1. The van der Waals surface area contributed by atoms with Gasteiger partial charge in [-0.05, 0) is 52.7 Å². The van der Waals surface area contributed by atoms with E-state index in [0.717, 1.165) is 22.0 Å². The minimum absolute atomic E-state index is 0.305. The Bertz CT molecular complexity index is 1150. The molecule has 0 fully saturated rings. The van der Waals surface area contributed by atoms with Gasteiger partial charge >= 0.3 is 0 Å². The molecule has 26 heavy (non-hydrogen) atoms. The van der Waals surface area contributed by atoms with Gasteiger partial charge in [0.1, 0.15) is 16.0 Å². The zero-order valence-corrected chi connectivity index (χ0v) is 16.4. The monoisotopic (exact) mass is 428 g/mol. The second kappa shape index (κ2) is 6.34. The molecule has 0 aliphatic rings. The number of anilines is 1. The van der Waals surface area contributed by atoms with Crippen molar-refractivity contribution in [1.82, 2.24) is 24.7 Å². The Hall–Kier alpha value is -2.51. The Labute approximate surface area is 163 Å². The van der Waals surface area contributed by atoms with E-state index in [0.29, 0.717) is 32.5 Å². The van der Waals surface area contributed by atoms with Crippen LogP contribution in [-0.4, -0.2) is 24.7 Å². The maximum atomic E-state index is 6.49. The van der Waals surface area contributed by atoms with Gasteiger partial charge in [0.25, 0.3) is 0 Å². The lowest BCUT2D eigenvalue weighted by atomic mass is 10.0. The average molecular weight is 430 g/mol. The summed E-state index contributed by atoms with van der Waals surface area (Å²) in [5.41, 5.74) is 10.6. The van der Waals surface area contributed by atoms with Crippen LogP contribution >= 0.6 is 27.5 Å². The number of nitrogens with two attached hydrogens (primary N) is 1. The van der Waals surface area contributed by atoms with Crippen molar-refractivity contribution in [2.45, 2.75) is 6.92 Å². The lowest BCUT2D eigenvalue weighted by Crippen LogP contribution is -2.01. The quantitative estimate of drug-likeness (QED) is 0.511. The number of nitrogens with zero attached hydrogens (tertiary/aromatic N) is 5. The fourth-order valence-electron chi connectivity index (χ4n) is 2.83. The summed E-state index contributed by atoms with van der Waals surface area (Å²) in [6.45, 7) is 2.02. The highest BCUT2D eigenvalue weighted by atomic mass is 79.9. The van der Waals surface area contributed by atoms with E-state index in [9.17, 15) is 0 Å². The molecule has 0 amide bonds. The number of aryl methyl sites for hydroxylation is 2. The molecular formula is C18H14BrClN6. The van der Waals surface area contributed by atoms with Crippen LogP contribution in [-0.2, 0) is 7.05 Å². The highest BCUT2D eigenvalue weighted by Gasteiger charge is 2.18. The number of aromatic nitrogens is 5. The summed E-state index contributed by atoms with van der Waals surface area (Å²) >= 11 is 9.86. The Morgan fingerprint density at radius 1 is 1.15 bits per heavy atom. The first-order chi connectivity index (χ1) is 12.4. The van der Waals surface area contributed by atoms with Crippen molar-refractivity contribution in [1.29, 1.82) is 0 Å². The van der Waals surface area contributed by atoms with Crippen LogP contribution in [0.5, 0.6) is 0 Å². The maximum Gasteiger partial charge on any atom is 0.157 e. The molecule has 0 spiro atoms. The van der Waals surface area contributed by atoms with E-state index < -0.39 is 0 Å². The lowest BCUT2D eigenvalue weighted by molar-refractivity contribution is 0.770. The second-order valence-corrected chi connectivity index (χ2v) is 7.11. The normalized spacial score (nSPS) is 11.2. The molecule has 0 saturated carbocycles. The standard InChI is InChI=1S/C18H14BrClN6/c1-9-3-5-22-15-11(9)7-10(8-12(15)20)14-16(13-4-6-26(2)25-13)24-18(21)17(19)23-14/h3-8H,1-2H3,(H2,21,24). The van der Waals surface area contributed by atoms with Crippen molar-refractivity contribution in [3.8, 4) is 22.6 Å². The highest BCUT2D eigenvalue weighted by Crippen LogP contribution is 2.35. The number of rotatable bonds is 2. The summed E-state index contributed by atoms with van der Waals surface area (Å²) in [4.78, 5) is 13.5. The Morgan fingerprint density at radius 3 is 2.69 bits per heavy atom. The first kappa shape index (κ1) is 16.9. The Balaban J connectivity index is 2.03. The molecule has 8 heteroatoms. The molecule has 0 aliphatic heterocycles. The van der Waals surface area contributed by atoms with Crippen molar-refractivity contribution < 1.29 is 0 Å². The van der Waals surface area contributed by atoms with Crippen LogP contribution in [0.15, 0.2) is 41.3 Å². The van der Waals surface area contributed by atoms with Crippen LogP contribution in [0.2, 0.25) is 5.02 Å². The number of halogens is 2. The van der Waals surface area contributed by atoms with Crippen LogP contribution in [0.1, 0.15) is 5.56 Å². The fraction of sp³-hybridized carbons (Fsp3) is 0.111. The largest absolute Gasteiger partial charge is 0.381 e. The molecule has 6 nitrogen and oxygen atoms in total. The van der Waals surface area contributed by atoms with Gasteiger partial charge in [-0.1, -0.05) is 11.6 Å². The van der Waals surface area contributed by atoms with Crippen molar-refractivity contribution >= 4 is 44.3 Å². The molecule has 4 aromatic rings. The number of fused-ring (bicyclic) bond motifs is 1. The van der Waals surface area contributed by atoms with E-state index in [1.54, 1.807) is 10.9 Å². The number of hydrogen-bond acceptors (Lipinski definition) is 5. The summed E-state index contributed by atoms with van der Waals surface area (Å²) < 4.78 is 2.19. The lowest BCUT2D eigenvalue weighted by Gasteiger charge is -2.11. The summed E-state index contributed by atoms with van der Waals surface area (Å²) in [5, 5.41) is 5.97. The molecule has 3 heterocycles. The van der Waals surface area contributed by atoms with Gasteiger partial charge in [0.2, 0.25) is 0 Å². The molecule has 2 N–H and O–H groups in total. The number of benzene rings is 1. The summed E-state index contributed by atoms with van der Waals surface area (Å²) in [6, 6.07) is 7.68. The molecule has 0 atom stereocenters. The zero-order valence-electron chi connectivity index (χ0n) is 14.0. The van der Waals surface area contributed by atoms with Gasteiger partial charge in [-0.15, -0.1) is 0 Å². The highest BCUT2D eigenvalue weighted by molar-refractivity contribution is 9.10. The topological polar surface area (TPSA) is 82.5 Å². The van der Waals surface area contributed by atoms with Crippen LogP contribution in [0.3, 0.4) is 0 Å². The molecule has 4 rings (SSSR count). The minimum atomic E-state index is 0.305. The average Bonchev–Trinajstić information content (AvgIpc) is 3.04. The number of hydrogen-bond donors (Lipinski definition) is 1. The molecule has 0 aliphatic carbocycles. The van der Waals surface area contributed by atoms with Crippen LogP contribution in [0, 0.1) is 6.92 Å². The van der Waals surface area contributed by atoms with Gasteiger partial charge in [-0.25, -0.2) is 9.97 Å². The molecule has 130 valence electrons. The first-order valence-electron chi connectivity index (χ1n) is 7.82. The smallest absolute Gasteiger partial charge is 0.157 e. The summed E-state index contributed by atoms with van der Waals surface area (Å²) in [6.07, 6.45) is 3.60. The van der Waals surface area contributed by atoms with Gasteiger partial charge in [-0.3, -0.25) is 9.67 Å². The Morgan fingerprint density at radius 2 is 1.96 bits per heavy atom. The van der Waals surface area contributed by atoms with Crippen molar-refractivity contribution in [3.63, 3.8) is 0 Å². The van der Waals surface area contributed by atoms with E-state index in [2.05, 4.69) is 36.0 Å². The van der Waals surface area contributed by atoms with E-state index in [-0.39, 0.29) is 0 Å². The molecule has 0 unspecified atom stereocenters. The molecule has 3 aromatic heterocycles. The van der Waals surface area contributed by atoms with E-state index in [1.807, 2.05) is 44.4 Å². The van der Waals surface area contributed by atoms with Crippen LogP contribution in [0.25, 0.3) is 33.5 Å². The third-order valence-corrected chi connectivity index (χ3v) is 5.00. The molecular weight excluding hydrogens is 416 g/mol. The predicted octanol–water partition coefficient (Wildman–Crippen LogP) is 4.40. The number of nitrogen functional groups attached to an aromatic ring is 1. The Kier molecular flexibility index (Phi) is 4.13. The maximum absolute atomic E-state index is 6.49. The van der Waals surface area contributed by atoms with Gasteiger partial charge in [0, 0.05) is 30.4 Å². The van der Waals surface area contributed by atoms with Crippen molar-refractivity contribution in [3.05, 3.63) is 51.8 Å². The fourth-order valence-corrected chi connectivity index (χ4v) is 3.36.